The maximum Gasteiger partial charge on any atom is 0.375 e. The Morgan fingerprint density at radius 1 is 1.21 bits per heavy atom. The standard InChI is InChI=1S/C15H22O4/c1-6-19-13(18)12(17)10-11(16)8-7-9(14(8,2)3)15(10,4)5/h8-10H,6-7H2,1-5H3/t8-,9-,10?/m1/s1. The van der Waals surface area contributed by atoms with Crippen molar-refractivity contribution < 1.29 is 19.1 Å². The van der Waals surface area contributed by atoms with E-state index in [2.05, 4.69) is 13.8 Å². The number of esters is 1. The average molecular weight is 266 g/mol. The Morgan fingerprint density at radius 2 is 1.79 bits per heavy atom. The zero-order chi connectivity index (χ0) is 14.6. The van der Waals surface area contributed by atoms with Crippen LogP contribution in [-0.2, 0) is 19.1 Å². The summed E-state index contributed by atoms with van der Waals surface area (Å²) in [5.74, 6) is -2.23. The van der Waals surface area contributed by atoms with Crippen molar-refractivity contribution in [3.63, 3.8) is 0 Å². The number of carbonyl (C=O) groups excluding carboxylic acids is 3. The highest BCUT2D eigenvalue weighted by Gasteiger charge is 2.67. The molecule has 0 spiro atoms. The van der Waals surface area contributed by atoms with Crippen molar-refractivity contribution in [2.75, 3.05) is 6.61 Å². The first-order chi connectivity index (χ1) is 8.65. The van der Waals surface area contributed by atoms with Crippen LogP contribution >= 0.6 is 0 Å². The molecule has 3 aliphatic carbocycles. The highest BCUT2D eigenvalue weighted by Crippen LogP contribution is 2.66. The monoisotopic (exact) mass is 266 g/mol. The van der Waals surface area contributed by atoms with Gasteiger partial charge < -0.3 is 4.74 Å². The molecule has 3 aliphatic rings. The lowest BCUT2D eigenvalue weighted by molar-refractivity contribution is -0.191. The van der Waals surface area contributed by atoms with Gasteiger partial charge >= 0.3 is 5.97 Å². The number of rotatable bonds is 3. The van der Waals surface area contributed by atoms with Crippen LogP contribution < -0.4 is 0 Å². The molecule has 0 aromatic carbocycles. The zero-order valence-corrected chi connectivity index (χ0v) is 12.3. The van der Waals surface area contributed by atoms with Gasteiger partial charge in [-0.15, -0.1) is 0 Å². The van der Waals surface area contributed by atoms with E-state index >= 15 is 0 Å². The summed E-state index contributed by atoms with van der Waals surface area (Å²) in [5, 5.41) is 0. The van der Waals surface area contributed by atoms with Crippen molar-refractivity contribution >= 4 is 17.5 Å². The number of Topliss-reactive ketones (excluding diaryl/α,β-unsaturated/α-hetero) is 2. The van der Waals surface area contributed by atoms with Gasteiger partial charge in [0.05, 0.1) is 12.5 Å². The van der Waals surface area contributed by atoms with Crippen molar-refractivity contribution in [1.29, 1.82) is 0 Å². The van der Waals surface area contributed by atoms with Gasteiger partial charge in [0.2, 0.25) is 0 Å². The second-order valence-corrected chi connectivity index (χ2v) is 6.90. The summed E-state index contributed by atoms with van der Waals surface area (Å²) >= 11 is 0. The second-order valence-electron chi connectivity index (χ2n) is 6.90. The predicted octanol–water partition coefficient (Wildman–Crippen LogP) is 2.01. The van der Waals surface area contributed by atoms with Crippen molar-refractivity contribution in [3.05, 3.63) is 0 Å². The molecule has 106 valence electrons. The molecule has 0 radical (unpaired) electrons. The highest BCUT2D eigenvalue weighted by atomic mass is 16.5. The van der Waals surface area contributed by atoms with Crippen LogP contribution in [0, 0.1) is 28.6 Å². The summed E-state index contributed by atoms with van der Waals surface area (Å²) in [6, 6.07) is 0. The first-order valence-corrected chi connectivity index (χ1v) is 6.90. The quantitative estimate of drug-likeness (QED) is 0.445. The minimum atomic E-state index is -0.868. The van der Waals surface area contributed by atoms with Crippen LogP contribution in [-0.4, -0.2) is 24.1 Å². The van der Waals surface area contributed by atoms with E-state index in [1.807, 2.05) is 13.8 Å². The lowest BCUT2D eigenvalue weighted by atomic mass is 9.38. The van der Waals surface area contributed by atoms with Crippen molar-refractivity contribution in [3.8, 4) is 0 Å². The molecule has 3 fully saturated rings. The van der Waals surface area contributed by atoms with E-state index in [9.17, 15) is 14.4 Å². The first-order valence-electron chi connectivity index (χ1n) is 6.90. The van der Waals surface area contributed by atoms with Crippen molar-refractivity contribution in [2.24, 2.45) is 28.6 Å². The molecular formula is C15H22O4. The largest absolute Gasteiger partial charge is 0.460 e. The molecule has 19 heavy (non-hydrogen) atoms. The molecule has 2 bridgehead atoms. The van der Waals surface area contributed by atoms with Crippen LogP contribution in [0.2, 0.25) is 0 Å². The van der Waals surface area contributed by atoms with Gasteiger partial charge in [-0.2, -0.15) is 0 Å². The van der Waals surface area contributed by atoms with E-state index in [4.69, 9.17) is 4.74 Å². The van der Waals surface area contributed by atoms with E-state index < -0.39 is 23.1 Å². The van der Waals surface area contributed by atoms with Gasteiger partial charge in [0.25, 0.3) is 5.78 Å². The molecule has 0 heterocycles. The number of hydrogen-bond donors (Lipinski definition) is 0. The predicted molar refractivity (Wildman–Crippen MR) is 69.3 cm³/mol. The maximum atomic E-state index is 12.5. The van der Waals surface area contributed by atoms with E-state index in [-0.39, 0.29) is 23.7 Å². The molecule has 0 saturated heterocycles. The van der Waals surface area contributed by atoms with E-state index in [0.717, 1.165) is 6.42 Å². The van der Waals surface area contributed by atoms with Gasteiger partial charge in [0.15, 0.2) is 0 Å². The number of ether oxygens (including phenoxy) is 1. The molecule has 4 heteroatoms. The van der Waals surface area contributed by atoms with Gasteiger partial charge in [-0.05, 0) is 30.1 Å². The van der Waals surface area contributed by atoms with E-state index in [0.29, 0.717) is 5.92 Å². The number of fused-ring (bicyclic) bond motifs is 2. The fourth-order valence-corrected chi connectivity index (χ4v) is 4.23. The van der Waals surface area contributed by atoms with Crippen LogP contribution in [0.5, 0.6) is 0 Å². The minimum Gasteiger partial charge on any atom is -0.460 e. The number of hydrogen-bond acceptors (Lipinski definition) is 4. The van der Waals surface area contributed by atoms with Crippen molar-refractivity contribution in [2.45, 2.75) is 41.0 Å². The Kier molecular flexibility index (Phi) is 3.11. The summed E-state index contributed by atoms with van der Waals surface area (Å²) in [6.07, 6.45) is 0.839. The second kappa shape index (κ2) is 4.15. The third-order valence-electron chi connectivity index (χ3n) is 5.28. The van der Waals surface area contributed by atoms with Crippen LogP contribution in [0.3, 0.4) is 0 Å². The average Bonchev–Trinajstić information content (AvgIpc) is 2.26. The van der Waals surface area contributed by atoms with Gasteiger partial charge in [-0.1, -0.05) is 27.7 Å². The summed E-state index contributed by atoms with van der Waals surface area (Å²) in [7, 11) is 0. The molecule has 3 atom stereocenters. The van der Waals surface area contributed by atoms with Crippen LogP contribution in [0.4, 0.5) is 0 Å². The summed E-state index contributed by atoms with van der Waals surface area (Å²) in [5.41, 5.74) is -0.537. The van der Waals surface area contributed by atoms with E-state index in [1.165, 1.54) is 0 Å². The Balaban J connectivity index is 2.31. The first kappa shape index (κ1) is 14.2. The Labute approximate surface area is 113 Å². The highest BCUT2D eigenvalue weighted by molar-refractivity contribution is 6.39. The van der Waals surface area contributed by atoms with E-state index in [1.54, 1.807) is 6.92 Å². The molecular weight excluding hydrogens is 244 g/mol. The Hall–Kier alpha value is -1.19. The third kappa shape index (κ3) is 1.76. The maximum absolute atomic E-state index is 12.5. The topological polar surface area (TPSA) is 60.4 Å². The van der Waals surface area contributed by atoms with Crippen LogP contribution in [0.15, 0.2) is 0 Å². The van der Waals surface area contributed by atoms with Gasteiger partial charge in [-0.3, -0.25) is 9.59 Å². The Bertz CT molecular complexity index is 447. The molecule has 0 N–H and O–H groups in total. The fourth-order valence-electron chi connectivity index (χ4n) is 4.23. The molecule has 3 saturated carbocycles. The van der Waals surface area contributed by atoms with Crippen LogP contribution in [0.25, 0.3) is 0 Å². The van der Waals surface area contributed by atoms with Gasteiger partial charge in [0, 0.05) is 5.92 Å². The molecule has 0 aromatic heterocycles. The smallest absolute Gasteiger partial charge is 0.375 e. The fraction of sp³-hybridized carbons (Fsp3) is 0.800. The minimum absolute atomic E-state index is 0.0635. The molecule has 1 unspecified atom stereocenters. The zero-order valence-electron chi connectivity index (χ0n) is 12.3. The molecule has 3 rings (SSSR count). The SMILES string of the molecule is CCOC(=O)C(=O)C1C(=O)[C@H]2C[C@@H](C1(C)C)C2(C)C. The van der Waals surface area contributed by atoms with Gasteiger partial charge in [-0.25, -0.2) is 4.79 Å². The van der Waals surface area contributed by atoms with Gasteiger partial charge in [0.1, 0.15) is 5.78 Å². The summed E-state index contributed by atoms with van der Waals surface area (Å²) in [6.45, 7) is 9.82. The third-order valence-corrected chi connectivity index (χ3v) is 5.28. The summed E-state index contributed by atoms with van der Waals surface area (Å²) < 4.78 is 4.76. The molecule has 4 nitrogen and oxygen atoms in total. The molecule has 0 aromatic rings. The lowest BCUT2D eigenvalue weighted by Gasteiger charge is -2.64. The lowest BCUT2D eigenvalue weighted by Crippen LogP contribution is -2.66. The normalized spacial score (nSPS) is 34.4. The molecule has 0 aliphatic heterocycles. The number of carbonyl (C=O) groups is 3. The number of ketones is 2. The Morgan fingerprint density at radius 3 is 2.21 bits per heavy atom. The summed E-state index contributed by atoms with van der Waals surface area (Å²) in [4.78, 5) is 36.3. The molecule has 0 amide bonds. The van der Waals surface area contributed by atoms with Crippen LogP contribution in [0.1, 0.15) is 41.0 Å². The van der Waals surface area contributed by atoms with Crippen molar-refractivity contribution in [1.82, 2.24) is 0 Å².